The molecule has 1 atom stereocenters. The molecule has 0 N–H and O–H groups in total. The van der Waals surface area contributed by atoms with Crippen LogP contribution in [0.5, 0.6) is 5.75 Å². The van der Waals surface area contributed by atoms with Gasteiger partial charge in [-0.05, 0) is 35.7 Å². The highest BCUT2D eigenvalue weighted by Crippen LogP contribution is 2.39. The standard InChI is InChI=1S/C15H13Br2ClO/c1-9-4-3-5-12(14(9)17)15(18)11-7-6-10(19-2)8-13(11)16/h3-8,15H,1-2H3. The Hall–Kier alpha value is -0.510. The maximum absolute atomic E-state index is 6.61. The summed E-state index contributed by atoms with van der Waals surface area (Å²) in [6, 6.07) is 11.9. The van der Waals surface area contributed by atoms with E-state index in [0.717, 1.165) is 25.8 Å². The van der Waals surface area contributed by atoms with Gasteiger partial charge in [-0.2, -0.15) is 0 Å². The molecule has 0 aromatic heterocycles. The van der Waals surface area contributed by atoms with Crippen LogP contribution in [0.1, 0.15) is 22.1 Å². The van der Waals surface area contributed by atoms with Crippen molar-refractivity contribution in [2.45, 2.75) is 12.3 Å². The van der Waals surface area contributed by atoms with E-state index in [0.29, 0.717) is 0 Å². The summed E-state index contributed by atoms with van der Waals surface area (Å²) in [5.41, 5.74) is 3.26. The lowest BCUT2D eigenvalue weighted by Gasteiger charge is -2.16. The first kappa shape index (κ1) is 14.9. The van der Waals surface area contributed by atoms with Crippen LogP contribution in [-0.2, 0) is 0 Å². The molecular formula is C15H13Br2ClO. The van der Waals surface area contributed by atoms with Gasteiger partial charge in [-0.15, -0.1) is 11.6 Å². The lowest BCUT2D eigenvalue weighted by atomic mass is 10.0. The molecule has 0 aliphatic carbocycles. The Morgan fingerprint density at radius 1 is 1.11 bits per heavy atom. The lowest BCUT2D eigenvalue weighted by molar-refractivity contribution is 0.414. The van der Waals surface area contributed by atoms with Gasteiger partial charge in [-0.25, -0.2) is 0 Å². The highest BCUT2D eigenvalue weighted by molar-refractivity contribution is 9.10. The van der Waals surface area contributed by atoms with Crippen molar-refractivity contribution in [3.05, 3.63) is 62.0 Å². The number of rotatable bonds is 3. The average molecular weight is 405 g/mol. The van der Waals surface area contributed by atoms with Crippen LogP contribution in [0.25, 0.3) is 0 Å². The van der Waals surface area contributed by atoms with E-state index < -0.39 is 0 Å². The van der Waals surface area contributed by atoms with Crippen LogP contribution in [0.15, 0.2) is 45.3 Å². The predicted octanol–water partition coefficient (Wildman–Crippen LogP) is 5.86. The van der Waals surface area contributed by atoms with E-state index in [1.807, 2.05) is 30.3 Å². The highest BCUT2D eigenvalue weighted by Gasteiger charge is 2.17. The second-order valence-electron chi connectivity index (χ2n) is 4.23. The topological polar surface area (TPSA) is 9.23 Å². The molecule has 0 heterocycles. The van der Waals surface area contributed by atoms with E-state index in [9.17, 15) is 0 Å². The van der Waals surface area contributed by atoms with E-state index in [4.69, 9.17) is 16.3 Å². The van der Waals surface area contributed by atoms with Crippen molar-refractivity contribution in [3.8, 4) is 5.75 Å². The van der Waals surface area contributed by atoms with Crippen molar-refractivity contribution >= 4 is 43.5 Å². The van der Waals surface area contributed by atoms with Gasteiger partial charge >= 0.3 is 0 Å². The van der Waals surface area contributed by atoms with Gasteiger partial charge in [0.1, 0.15) is 5.75 Å². The molecule has 1 nitrogen and oxygen atoms in total. The monoisotopic (exact) mass is 402 g/mol. The highest BCUT2D eigenvalue weighted by atomic mass is 79.9. The van der Waals surface area contributed by atoms with Gasteiger partial charge < -0.3 is 4.74 Å². The van der Waals surface area contributed by atoms with Gasteiger partial charge in [0.2, 0.25) is 0 Å². The van der Waals surface area contributed by atoms with Crippen molar-refractivity contribution in [1.29, 1.82) is 0 Å². The largest absolute Gasteiger partial charge is 0.497 e. The molecule has 0 fully saturated rings. The third-order valence-corrected chi connectivity index (χ3v) is 5.22. The van der Waals surface area contributed by atoms with Crippen LogP contribution in [0.2, 0.25) is 0 Å². The number of alkyl halides is 1. The first-order valence-corrected chi connectivity index (χ1v) is 7.79. The lowest BCUT2D eigenvalue weighted by Crippen LogP contribution is -1.97. The van der Waals surface area contributed by atoms with Crippen molar-refractivity contribution in [1.82, 2.24) is 0 Å². The summed E-state index contributed by atoms with van der Waals surface area (Å²) in [5, 5.41) is -0.213. The zero-order valence-electron chi connectivity index (χ0n) is 10.6. The molecule has 0 bridgehead atoms. The molecule has 0 radical (unpaired) electrons. The van der Waals surface area contributed by atoms with E-state index in [1.165, 1.54) is 5.56 Å². The molecule has 0 amide bonds. The van der Waals surface area contributed by atoms with Crippen LogP contribution in [0, 0.1) is 6.92 Å². The minimum atomic E-state index is -0.213. The van der Waals surface area contributed by atoms with Gasteiger partial charge in [0.05, 0.1) is 12.5 Å². The molecule has 0 aliphatic rings. The number of aryl methyl sites for hydroxylation is 1. The summed E-state index contributed by atoms with van der Waals surface area (Å²) in [6.07, 6.45) is 0. The second-order valence-corrected chi connectivity index (χ2v) is 6.31. The molecule has 0 saturated heterocycles. The van der Waals surface area contributed by atoms with Gasteiger partial charge in [-0.1, -0.05) is 56.1 Å². The van der Waals surface area contributed by atoms with Gasteiger partial charge in [0.25, 0.3) is 0 Å². The molecule has 0 aliphatic heterocycles. The molecule has 0 saturated carbocycles. The fourth-order valence-electron chi connectivity index (χ4n) is 1.87. The van der Waals surface area contributed by atoms with E-state index in [2.05, 4.69) is 44.8 Å². The Bertz CT molecular complexity index is 599. The van der Waals surface area contributed by atoms with Crippen molar-refractivity contribution in [3.63, 3.8) is 0 Å². The summed E-state index contributed by atoms with van der Waals surface area (Å²) in [4.78, 5) is 0. The molecule has 4 heteroatoms. The van der Waals surface area contributed by atoms with Crippen molar-refractivity contribution in [2.75, 3.05) is 7.11 Å². The predicted molar refractivity (Wildman–Crippen MR) is 87.3 cm³/mol. The van der Waals surface area contributed by atoms with E-state index >= 15 is 0 Å². The molecular weight excluding hydrogens is 391 g/mol. The quantitative estimate of drug-likeness (QED) is 0.583. The third kappa shape index (κ3) is 3.15. The van der Waals surface area contributed by atoms with Crippen molar-refractivity contribution < 1.29 is 4.74 Å². The minimum Gasteiger partial charge on any atom is -0.497 e. The Labute approximate surface area is 135 Å². The maximum atomic E-state index is 6.61. The molecule has 2 rings (SSSR count). The van der Waals surface area contributed by atoms with Crippen LogP contribution in [0.4, 0.5) is 0 Å². The van der Waals surface area contributed by atoms with Crippen LogP contribution in [-0.4, -0.2) is 7.11 Å². The van der Waals surface area contributed by atoms with Crippen LogP contribution in [0.3, 0.4) is 0 Å². The maximum Gasteiger partial charge on any atom is 0.120 e. The summed E-state index contributed by atoms with van der Waals surface area (Å²) in [6.45, 7) is 2.06. The molecule has 2 aromatic carbocycles. The Morgan fingerprint density at radius 3 is 2.47 bits per heavy atom. The Morgan fingerprint density at radius 2 is 1.84 bits per heavy atom. The molecule has 0 spiro atoms. The third-order valence-electron chi connectivity index (χ3n) is 2.98. The number of hydrogen-bond donors (Lipinski definition) is 0. The number of benzene rings is 2. The summed E-state index contributed by atoms with van der Waals surface area (Å²) in [7, 11) is 1.65. The summed E-state index contributed by atoms with van der Waals surface area (Å²) in [5.74, 6) is 0.808. The fraction of sp³-hybridized carbons (Fsp3) is 0.200. The zero-order chi connectivity index (χ0) is 14.0. The van der Waals surface area contributed by atoms with Crippen molar-refractivity contribution in [2.24, 2.45) is 0 Å². The summed E-state index contributed by atoms with van der Waals surface area (Å²) >= 11 is 13.8. The van der Waals surface area contributed by atoms with E-state index in [1.54, 1.807) is 7.11 Å². The Balaban J connectivity index is 2.44. The van der Waals surface area contributed by atoms with Gasteiger partial charge in [0, 0.05) is 8.95 Å². The minimum absolute atomic E-state index is 0.213. The normalized spacial score (nSPS) is 12.3. The number of halogens is 3. The Kier molecular flexibility index (Phi) is 4.93. The molecule has 1 unspecified atom stereocenters. The zero-order valence-corrected chi connectivity index (χ0v) is 14.5. The number of methoxy groups -OCH3 is 1. The molecule has 100 valence electrons. The molecule has 19 heavy (non-hydrogen) atoms. The van der Waals surface area contributed by atoms with Gasteiger partial charge in [0.15, 0.2) is 0 Å². The smallest absolute Gasteiger partial charge is 0.120 e. The first-order valence-electron chi connectivity index (χ1n) is 5.77. The second kappa shape index (κ2) is 6.29. The molecule has 2 aromatic rings. The number of hydrogen-bond acceptors (Lipinski definition) is 1. The SMILES string of the molecule is COc1ccc(C(Cl)c2cccc(C)c2Br)c(Br)c1. The number of ether oxygens (including phenoxy) is 1. The summed E-state index contributed by atoms with van der Waals surface area (Å²) < 4.78 is 7.19. The van der Waals surface area contributed by atoms with E-state index in [-0.39, 0.29) is 5.38 Å². The average Bonchev–Trinajstić information content (AvgIpc) is 2.41. The first-order chi connectivity index (χ1) is 9.04. The van der Waals surface area contributed by atoms with Crippen LogP contribution < -0.4 is 4.74 Å². The van der Waals surface area contributed by atoms with Gasteiger partial charge in [-0.3, -0.25) is 0 Å². The van der Waals surface area contributed by atoms with Crippen LogP contribution >= 0.6 is 43.5 Å². The fourth-order valence-corrected chi connectivity index (χ4v) is 3.59.